The molecule has 140 valence electrons. The Labute approximate surface area is 158 Å². The lowest BCUT2D eigenvalue weighted by atomic mass is 9.87. The molecule has 6 nitrogen and oxygen atoms in total. The van der Waals surface area contributed by atoms with Crippen molar-refractivity contribution in [1.29, 1.82) is 0 Å². The minimum Gasteiger partial charge on any atom is -0.347 e. The van der Waals surface area contributed by atoms with Crippen LogP contribution < -0.4 is 10.0 Å². The zero-order valence-electron chi connectivity index (χ0n) is 15.0. The molecular formula is C20H21N3O3S. The van der Waals surface area contributed by atoms with Crippen LogP contribution in [0.2, 0.25) is 0 Å². The maximum atomic E-state index is 12.7. The van der Waals surface area contributed by atoms with Crippen molar-refractivity contribution in [2.45, 2.75) is 43.2 Å². The quantitative estimate of drug-likeness (QED) is 0.853. The largest absolute Gasteiger partial charge is 0.347 e. The molecule has 0 aromatic heterocycles. The average Bonchev–Trinajstić information content (AvgIpc) is 2.92. The third-order valence-corrected chi connectivity index (χ3v) is 6.45. The number of carbonyl (C=O) groups is 1. The first-order valence-electron chi connectivity index (χ1n) is 9.04. The molecule has 0 fully saturated rings. The Morgan fingerprint density at radius 3 is 2.78 bits per heavy atom. The van der Waals surface area contributed by atoms with Crippen molar-refractivity contribution < 1.29 is 13.2 Å². The predicted molar refractivity (Wildman–Crippen MR) is 103 cm³/mol. The van der Waals surface area contributed by atoms with Gasteiger partial charge in [-0.3, -0.25) is 14.5 Å². The van der Waals surface area contributed by atoms with Gasteiger partial charge in [-0.15, -0.1) is 0 Å². The second kappa shape index (κ2) is 6.81. The summed E-state index contributed by atoms with van der Waals surface area (Å²) in [5.41, 5.74) is 2.93. The van der Waals surface area contributed by atoms with Crippen LogP contribution in [0.5, 0.6) is 0 Å². The van der Waals surface area contributed by atoms with E-state index in [-0.39, 0.29) is 22.7 Å². The zero-order chi connectivity index (χ0) is 19.0. The fourth-order valence-corrected chi connectivity index (χ4v) is 4.92. The van der Waals surface area contributed by atoms with Gasteiger partial charge in [-0.1, -0.05) is 36.4 Å². The number of benzene rings is 2. The second-order valence-corrected chi connectivity index (χ2v) is 8.56. The minimum atomic E-state index is -3.61. The van der Waals surface area contributed by atoms with Gasteiger partial charge >= 0.3 is 0 Å². The highest BCUT2D eigenvalue weighted by molar-refractivity contribution is 7.90. The van der Waals surface area contributed by atoms with Crippen molar-refractivity contribution >= 4 is 21.8 Å². The Morgan fingerprint density at radius 2 is 1.93 bits per heavy atom. The van der Waals surface area contributed by atoms with Crippen molar-refractivity contribution in [2.24, 2.45) is 4.99 Å². The van der Waals surface area contributed by atoms with Gasteiger partial charge in [0.2, 0.25) is 5.91 Å². The van der Waals surface area contributed by atoms with E-state index in [2.05, 4.69) is 27.2 Å². The molecule has 2 atom stereocenters. The molecule has 0 spiro atoms. The summed E-state index contributed by atoms with van der Waals surface area (Å²) in [6.07, 6.45) is 2.94. The number of hydrogen-bond acceptors (Lipinski definition) is 4. The number of fused-ring (bicyclic) bond motifs is 2. The van der Waals surface area contributed by atoms with Gasteiger partial charge < -0.3 is 5.32 Å². The summed E-state index contributed by atoms with van der Waals surface area (Å²) >= 11 is 0. The van der Waals surface area contributed by atoms with Crippen molar-refractivity contribution in [1.82, 2.24) is 10.0 Å². The van der Waals surface area contributed by atoms with Crippen molar-refractivity contribution in [2.75, 3.05) is 0 Å². The van der Waals surface area contributed by atoms with Crippen LogP contribution in [0, 0.1) is 0 Å². The molecule has 0 saturated heterocycles. The van der Waals surface area contributed by atoms with Crippen LogP contribution in [-0.4, -0.2) is 26.2 Å². The van der Waals surface area contributed by atoms with Crippen LogP contribution in [0.3, 0.4) is 0 Å². The molecule has 1 aliphatic heterocycles. The molecule has 27 heavy (non-hydrogen) atoms. The first-order chi connectivity index (χ1) is 13.0. The first-order valence-corrected chi connectivity index (χ1v) is 10.5. The fourth-order valence-electron chi connectivity index (χ4n) is 3.68. The standard InChI is InChI=1S/C20H21N3O3S/c1-13(21-19-16-10-4-5-12-18(16)27(25,26)23-19)20(24)22-17-11-6-8-14-7-2-3-9-15(14)17/h2-5,7,9-10,12-13,17H,6,8,11H2,1H3,(H,21,23)(H,22,24)/t13-,17-/m1/s1. The molecule has 1 amide bonds. The smallest absolute Gasteiger partial charge is 0.263 e. The minimum absolute atomic E-state index is 0.0299. The topological polar surface area (TPSA) is 87.6 Å². The van der Waals surface area contributed by atoms with E-state index in [1.165, 1.54) is 11.6 Å². The van der Waals surface area contributed by atoms with Gasteiger partial charge in [0.25, 0.3) is 10.0 Å². The monoisotopic (exact) mass is 383 g/mol. The molecule has 2 aromatic rings. The summed E-state index contributed by atoms with van der Waals surface area (Å²) in [6.45, 7) is 1.67. The van der Waals surface area contributed by atoms with E-state index in [0.29, 0.717) is 5.56 Å². The van der Waals surface area contributed by atoms with Gasteiger partial charge in [-0.2, -0.15) is 0 Å². The molecule has 2 aromatic carbocycles. The Hall–Kier alpha value is -2.67. The van der Waals surface area contributed by atoms with Crippen molar-refractivity contribution in [3.8, 4) is 0 Å². The molecule has 4 rings (SSSR count). The van der Waals surface area contributed by atoms with Gasteiger partial charge in [0.1, 0.15) is 11.9 Å². The normalized spacial score (nSPS) is 22.4. The number of hydrogen-bond donors (Lipinski definition) is 2. The van der Waals surface area contributed by atoms with E-state index in [4.69, 9.17) is 0 Å². The summed E-state index contributed by atoms with van der Waals surface area (Å²) in [6, 6.07) is 14.0. The Balaban J connectivity index is 1.54. The number of nitrogens with one attached hydrogen (secondary N) is 2. The third-order valence-electron chi connectivity index (χ3n) is 5.05. The number of amides is 1. The van der Waals surface area contributed by atoms with Crippen molar-refractivity contribution in [3.63, 3.8) is 0 Å². The van der Waals surface area contributed by atoms with Crippen LogP contribution in [0.15, 0.2) is 58.4 Å². The van der Waals surface area contributed by atoms with E-state index in [0.717, 1.165) is 24.8 Å². The number of amidine groups is 1. The van der Waals surface area contributed by atoms with Gasteiger partial charge in [0.15, 0.2) is 0 Å². The number of aryl methyl sites for hydroxylation is 1. The highest BCUT2D eigenvalue weighted by Crippen LogP contribution is 2.29. The zero-order valence-corrected chi connectivity index (χ0v) is 15.8. The molecule has 7 heteroatoms. The van der Waals surface area contributed by atoms with Crippen LogP contribution in [-0.2, 0) is 21.2 Å². The highest BCUT2D eigenvalue weighted by atomic mass is 32.2. The number of rotatable bonds is 3. The van der Waals surface area contributed by atoms with Crippen molar-refractivity contribution in [3.05, 3.63) is 65.2 Å². The van der Waals surface area contributed by atoms with E-state index in [1.54, 1.807) is 25.1 Å². The predicted octanol–water partition coefficient (Wildman–Crippen LogP) is 2.31. The van der Waals surface area contributed by atoms with E-state index < -0.39 is 16.1 Å². The lowest BCUT2D eigenvalue weighted by Gasteiger charge is -2.27. The van der Waals surface area contributed by atoms with Crippen LogP contribution >= 0.6 is 0 Å². The molecule has 2 aliphatic rings. The van der Waals surface area contributed by atoms with Crippen LogP contribution in [0.1, 0.15) is 42.5 Å². The molecular weight excluding hydrogens is 362 g/mol. The van der Waals surface area contributed by atoms with Gasteiger partial charge in [-0.25, -0.2) is 8.42 Å². The Bertz CT molecular complexity index is 1030. The maximum Gasteiger partial charge on any atom is 0.263 e. The second-order valence-electron chi connectivity index (χ2n) is 6.91. The number of nitrogens with zero attached hydrogens (tertiary/aromatic N) is 1. The number of sulfonamides is 1. The Morgan fingerprint density at radius 1 is 1.19 bits per heavy atom. The number of aliphatic imine (C=N–C) groups is 1. The lowest BCUT2D eigenvalue weighted by molar-refractivity contribution is -0.122. The lowest BCUT2D eigenvalue weighted by Crippen LogP contribution is -2.37. The third kappa shape index (κ3) is 3.35. The molecule has 1 heterocycles. The molecule has 0 saturated carbocycles. The molecule has 0 unspecified atom stereocenters. The van der Waals surface area contributed by atoms with Crippen LogP contribution in [0.25, 0.3) is 0 Å². The highest BCUT2D eigenvalue weighted by Gasteiger charge is 2.31. The van der Waals surface area contributed by atoms with Gasteiger partial charge in [-0.05, 0) is 49.4 Å². The summed E-state index contributed by atoms with van der Waals surface area (Å²) in [5, 5.41) is 3.07. The summed E-state index contributed by atoms with van der Waals surface area (Å²) < 4.78 is 26.8. The van der Waals surface area contributed by atoms with E-state index in [1.807, 2.05) is 12.1 Å². The van der Waals surface area contributed by atoms with Crippen LogP contribution in [0.4, 0.5) is 0 Å². The van der Waals surface area contributed by atoms with Gasteiger partial charge in [0, 0.05) is 5.56 Å². The first kappa shape index (κ1) is 17.7. The molecule has 0 radical (unpaired) electrons. The summed E-state index contributed by atoms with van der Waals surface area (Å²) in [7, 11) is -3.61. The fraction of sp³-hybridized carbons (Fsp3) is 0.300. The summed E-state index contributed by atoms with van der Waals surface area (Å²) in [5.74, 6) is 0.00470. The SMILES string of the molecule is C[C@@H](N=C1NS(=O)(=O)c2ccccc21)C(=O)N[C@@H]1CCCc2ccccc21. The molecule has 0 bridgehead atoms. The number of carbonyl (C=O) groups excluding carboxylic acids is 1. The van der Waals surface area contributed by atoms with E-state index >= 15 is 0 Å². The molecule has 2 N–H and O–H groups in total. The van der Waals surface area contributed by atoms with Gasteiger partial charge in [0.05, 0.1) is 10.9 Å². The summed E-state index contributed by atoms with van der Waals surface area (Å²) in [4.78, 5) is 17.2. The Kier molecular flexibility index (Phi) is 4.47. The maximum absolute atomic E-state index is 12.7. The average molecular weight is 383 g/mol. The van der Waals surface area contributed by atoms with E-state index in [9.17, 15) is 13.2 Å². The molecule has 1 aliphatic carbocycles.